The summed E-state index contributed by atoms with van der Waals surface area (Å²) in [5, 5.41) is 0. The van der Waals surface area contributed by atoms with Gasteiger partial charge >= 0.3 is 117 Å². The summed E-state index contributed by atoms with van der Waals surface area (Å²) >= 11 is 3.74. The van der Waals surface area contributed by atoms with Crippen molar-refractivity contribution in [1.82, 2.24) is 0 Å². The summed E-state index contributed by atoms with van der Waals surface area (Å²) in [6.07, 6.45) is 0. The molecule has 2 aromatic rings. The molecule has 0 unspecified atom stereocenters. The van der Waals surface area contributed by atoms with Gasteiger partial charge in [-0.2, -0.15) is 0 Å². The molecule has 0 atom stereocenters. The molecule has 0 fully saturated rings. The van der Waals surface area contributed by atoms with Crippen LogP contribution in [0.3, 0.4) is 0 Å². The molecule has 1 nitrogen and oxygen atoms in total. The van der Waals surface area contributed by atoms with Gasteiger partial charge in [-0.15, -0.1) is 0 Å². The summed E-state index contributed by atoms with van der Waals surface area (Å²) in [6.45, 7) is 2.11. The third kappa shape index (κ3) is 3.35. The van der Waals surface area contributed by atoms with Crippen LogP contribution in [-0.2, 0) is 0 Å². The zero-order valence-corrected chi connectivity index (χ0v) is 13.0. The molecule has 2 aromatic carbocycles. The van der Waals surface area contributed by atoms with Crippen LogP contribution in [0, 0.1) is 6.92 Å². The fraction of sp³-hybridized carbons (Fsp3) is 0.143. The van der Waals surface area contributed by atoms with Crippen LogP contribution in [0.15, 0.2) is 46.9 Å². The Kier molecular flexibility index (Phi) is 4.27. The van der Waals surface area contributed by atoms with Crippen LogP contribution in [0.4, 0.5) is 0 Å². The molecule has 0 radical (unpaired) electrons. The van der Waals surface area contributed by atoms with E-state index in [0.29, 0.717) is 0 Å². The number of methoxy groups -OCH3 is 1. The number of hydrogen-bond donors (Lipinski definition) is 0. The molecule has 0 aliphatic heterocycles. The van der Waals surface area contributed by atoms with Crippen LogP contribution in [0.5, 0.6) is 5.75 Å². The predicted molar refractivity (Wildman–Crippen MR) is 76.9 cm³/mol. The molecular weight excluding hydrogens is 343 g/mol. The van der Waals surface area contributed by atoms with Crippen molar-refractivity contribution in [3.05, 3.63) is 52.5 Å². The Morgan fingerprint density at radius 1 is 1.06 bits per heavy atom. The quantitative estimate of drug-likeness (QED) is 0.768. The first kappa shape index (κ1) is 12.7. The molecule has 17 heavy (non-hydrogen) atoms. The maximum atomic E-state index is 5.40. The SMILES string of the molecule is COc1ccc(C)cc1[Se]c1ccc(Br)cc1. The molecule has 0 saturated heterocycles. The zero-order valence-electron chi connectivity index (χ0n) is 9.74. The third-order valence-electron chi connectivity index (χ3n) is 2.36. The van der Waals surface area contributed by atoms with Crippen molar-refractivity contribution in [2.24, 2.45) is 0 Å². The number of hydrogen-bond acceptors (Lipinski definition) is 1. The Labute approximate surface area is 116 Å². The van der Waals surface area contributed by atoms with E-state index < -0.39 is 0 Å². The van der Waals surface area contributed by atoms with Crippen molar-refractivity contribution in [2.45, 2.75) is 6.92 Å². The van der Waals surface area contributed by atoms with E-state index in [0.717, 1.165) is 10.2 Å². The first-order valence-electron chi connectivity index (χ1n) is 5.27. The van der Waals surface area contributed by atoms with Crippen LogP contribution < -0.4 is 13.7 Å². The monoisotopic (exact) mass is 356 g/mol. The number of halogens is 1. The van der Waals surface area contributed by atoms with Gasteiger partial charge < -0.3 is 0 Å². The number of ether oxygens (including phenoxy) is 1. The zero-order chi connectivity index (χ0) is 12.3. The second-order valence-electron chi connectivity index (χ2n) is 3.71. The van der Waals surface area contributed by atoms with E-state index in [4.69, 9.17) is 4.74 Å². The summed E-state index contributed by atoms with van der Waals surface area (Å²) in [4.78, 5) is 0. The molecule has 0 bridgehead atoms. The molecule has 0 N–H and O–H groups in total. The predicted octanol–water partition coefficient (Wildman–Crippen LogP) is 2.42. The van der Waals surface area contributed by atoms with Gasteiger partial charge in [-0.1, -0.05) is 0 Å². The molecule has 0 heterocycles. The molecule has 0 saturated carbocycles. The van der Waals surface area contributed by atoms with E-state index in [1.807, 2.05) is 6.07 Å². The molecule has 0 amide bonds. The van der Waals surface area contributed by atoms with Gasteiger partial charge in [-0.25, -0.2) is 0 Å². The van der Waals surface area contributed by atoms with Gasteiger partial charge in [0.2, 0.25) is 0 Å². The van der Waals surface area contributed by atoms with E-state index in [9.17, 15) is 0 Å². The molecule has 3 heteroatoms. The molecule has 0 aliphatic rings. The van der Waals surface area contributed by atoms with Crippen molar-refractivity contribution in [2.75, 3.05) is 7.11 Å². The van der Waals surface area contributed by atoms with Gasteiger partial charge in [0.25, 0.3) is 0 Å². The van der Waals surface area contributed by atoms with Gasteiger partial charge in [0, 0.05) is 0 Å². The molecular formula is C14H13BrOSe. The summed E-state index contributed by atoms with van der Waals surface area (Å²) < 4.78 is 9.17. The molecule has 0 spiro atoms. The first-order valence-corrected chi connectivity index (χ1v) is 7.78. The molecule has 2 rings (SSSR count). The van der Waals surface area contributed by atoms with Gasteiger partial charge in [-0.3, -0.25) is 0 Å². The van der Waals surface area contributed by atoms with Crippen molar-refractivity contribution < 1.29 is 4.74 Å². The van der Waals surface area contributed by atoms with Crippen LogP contribution in [0.1, 0.15) is 5.56 Å². The van der Waals surface area contributed by atoms with E-state index in [2.05, 4.69) is 59.3 Å². The van der Waals surface area contributed by atoms with E-state index >= 15 is 0 Å². The maximum absolute atomic E-state index is 5.40. The minimum absolute atomic E-state index is 0.290. The second kappa shape index (κ2) is 5.72. The Bertz CT molecular complexity index is 508. The fourth-order valence-corrected chi connectivity index (χ4v) is 3.90. The van der Waals surface area contributed by atoms with Crippen molar-refractivity contribution in [3.63, 3.8) is 0 Å². The summed E-state index contributed by atoms with van der Waals surface area (Å²) in [5.41, 5.74) is 1.28. The van der Waals surface area contributed by atoms with Gasteiger partial charge in [0.05, 0.1) is 0 Å². The third-order valence-corrected chi connectivity index (χ3v) is 5.09. The Balaban J connectivity index is 2.28. The summed E-state index contributed by atoms with van der Waals surface area (Å²) in [5.74, 6) is 0.985. The van der Waals surface area contributed by atoms with Crippen LogP contribution >= 0.6 is 15.9 Å². The van der Waals surface area contributed by atoms with Crippen LogP contribution in [0.2, 0.25) is 0 Å². The Morgan fingerprint density at radius 2 is 1.76 bits per heavy atom. The van der Waals surface area contributed by atoms with E-state index in [1.165, 1.54) is 14.5 Å². The Morgan fingerprint density at radius 3 is 2.41 bits per heavy atom. The topological polar surface area (TPSA) is 9.23 Å². The normalized spacial score (nSPS) is 10.3. The van der Waals surface area contributed by atoms with E-state index in [-0.39, 0.29) is 15.0 Å². The van der Waals surface area contributed by atoms with Gasteiger partial charge in [0.15, 0.2) is 0 Å². The molecule has 0 aliphatic carbocycles. The van der Waals surface area contributed by atoms with Crippen LogP contribution in [-0.4, -0.2) is 22.1 Å². The number of aryl methyl sites for hydroxylation is 1. The van der Waals surface area contributed by atoms with Crippen molar-refractivity contribution in [3.8, 4) is 5.75 Å². The standard InChI is InChI=1S/C14H13BrOSe/c1-10-3-8-13(16-2)14(9-10)17-12-6-4-11(15)5-7-12/h3-9H,1-2H3. The second-order valence-corrected chi connectivity index (χ2v) is 6.97. The molecule has 0 aromatic heterocycles. The van der Waals surface area contributed by atoms with Crippen molar-refractivity contribution in [1.29, 1.82) is 0 Å². The van der Waals surface area contributed by atoms with Crippen molar-refractivity contribution >= 4 is 39.8 Å². The van der Waals surface area contributed by atoms with Gasteiger partial charge in [0.1, 0.15) is 0 Å². The first-order chi connectivity index (χ1) is 8.19. The fourth-order valence-electron chi connectivity index (χ4n) is 1.49. The average Bonchev–Trinajstić information content (AvgIpc) is 2.32. The Hall–Kier alpha value is -0.761. The van der Waals surface area contributed by atoms with E-state index in [1.54, 1.807) is 7.11 Å². The average molecular weight is 356 g/mol. The number of benzene rings is 2. The van der Waals surface area contributed by atoms with Crippen LogP contribution in [0.25, 0.3) is 0 Å². The summed E-state index contributed by atoms with van der Waals surface area (Å²) in [7, 11) is 1.73. The number of rotatable bonds is 3. The molecule has 88 valence electrons. The van der Waals surface area contributed by atoms with Gasteiger partial charge in [-0.05, 0) is 0 Å². The summed E-state index contributed by atoms with van der Waals surface area (Å²) in [6, 6.07) is 14.8. The minimum atomic E-state index is 0.290.